The number of carbonyl (C=O) groups excluding carboxylic acids is 2. The lowest BCUT2D eigenvalue weighted by molar-refractivity contribution is -0.140. The van der Waals surface area contributed by atoms with E-state index >= 15 is 0 Å². The number of aryl methyl sites for hydroxylation is 1. The third-order valence-corrected chi connectivity index (χ3v) is 7.66. The number of nitrogens with zero attached hydrogens (tertiary/aromatic N) is 2. The molecule has 0 aliphatic heterocycles. The monoisotopic (exact) mass is 500 g/mol. The van der Waals surface area contributed by atoms with Crippen LogP contribution in [0.2, 0.25) is 0 Å². The summed E-state index contributed by atoms with van der Waals surface area (Å²) in [7, 11) is 7.76. The molecule has 0 bridgehead atoms. The van der Waals surface area contributed by atoms with E-state index in [4.69, 9.17) is 20.9 Å². The largest absolute Gasteiger partial charge is 0.425 e. The maximum Gasteiger partial charge on any atom is 0.331 e. The lowest BCUT2D eigenvalue weighted by Crippen LogP contribution is -2.51. The lowest BCUT2D eigenvalue weighted by Gasteiger charge is -2.31. The van der Waals surface area contributed by atoms with Gasteiger partial charge in [0.25, 0.3) is 0 Å². The molecule has 1 aromatic rings. The summed E-state index contributed by atoms with van der Waals surface area (Å²) in [5, 5.41) is 0.132. The van der Waals surface area contributed by atoms with Gasteiger partial charge < -0.3 is 20.9 Å². The van der Waals surface area contributed by atoms with E-state index in [0.29, 0.717) is 18.6 Å². The molecule has 0 amide bonds. The van der Waals surface area contributed by atoms with Gasteiger partial charge in [-0.25, -0.2) is 9.59 Å². The van der Waals surface area contributed by atoms with Crippen LogP contribution >= 0.6 is 23.5 Å². The predicted molar refractivity (Wildman–Crippen MR) is 139 cm³/mol. The highest BCUT2D eigenvalue weighted by Crippen LogP contribution is 2.29. The van der Waals surface area contributed by atoms with E-state index in [9.17, 15) is 9.59 Å². The second kappa shape index (κ2) is 12.4. The number of hydrogen-bond donors (Lipinski definition) is 2. The van der Waals surface area contributed by atoms with Gasteiger partial charge in [0.2, 0.25) is 0 Å². The number of rotatable bonds is 12. The van der Waals surface area contributed by atoms with Crippen molar-refractivity contribution in [3.63, 3.8) is 0 Å². The highest BCUT2D eigenvalue weighted by molar-refractivity contribution is 7.99. The zero-order valence-electron chi connectivity index (χ0n) is 21.3. The van der Waals surface area contributed by atoms with Gasteiger partial charge in [-0.3, -0.25) is 9.80 Å². The number of nitrogens with two attached hydrogens (primary N) is 2. The Kier molecular flexibility index (Phi) is 11.2. The smallest absolute Gasteiger partial charge is 0.331 e. The van der Waals surface area contributed by atoms with Crippen molar-refractivity contribution in [3.05, 3.63) is 23.8 Å². The van der Waals surface area contributed by atoms with Gasteiger partial charge in [-0.05, 0) is 73.1 Å². The summed E-state index contributed by atoms with van der Waals surface area (Å²) >= 11 is 3.23. The van der Waals surface area contributed by atoms with Gasteiger partial charge >= 0.3 is 11.9 Å². The second-order valence-electron chi connectivity index (χ2n) is 9.26. The van der Waals surface area contributed by atoms with Gasteiger partial charge in [0.1, 0.15) is 22.6 Å². The highest BCUT2D eigenvalue weighted by Gasteiger charge is 2.36. The standard InChI is InChI=1S/C23H40N4O4S2/c1-15-10-11-16(30-20(28)22(2,24)13-18(32-8)26(4)5)12-17(15)31-21(29)23(3,25)14-19(33-9)27(6)7/h10-12,18-19H,13-14,24-25H2,1-9H3. The number of benzene rings is 1. The SMILES string of the molecule is CSC(CC(C)(N)C(=O)Oc1ccc(C)c(OC(=O)C(C)(N)CC(SC)N(C)C)c1)N(C)C. The van der Waals surface area contributed by atoms with Crippen molar-refractivity contribution in [3.8, 4) is 11.5 Å². The quantitative estimate of drug-likeness (QED) is 0.252. The van der Waals surface area contributed by atoms with E-state index in [2.05, 4.69) is 0 Å². The number of thioether (sulfide) groups is 2. The molecule has 0 fully saturated rings. The minimum Gasteiger partial charge on any atom is -0.425 e. The van der Waals surface area contributed by atoms with Crippen LogP contribution in [0.1, 0.15) is 32.3 Å². The molecule has 188 valence electrons. The Hall–Kier alpha value is -1.30. The van der Waals surface area contributed by atoms with Crippen molar-refractivity contribution in [2.75, 3.05) is 40.7 Å². The Morgan fingerprint density at radius 1 is 0.909 bits per heavy atom. The summed E-state index contributed by atoms with van der Waals surface area (Å²) in [4.78, 5) is 29.7. The normalized spacial score (nSPS) is 17.2. The van der Waals surface area contributed by atoms with Crippen LogP contribution in [0.3, 0.4) is 0 Å². The summed E-state index contributed by atoms with van der Waals surface area (Å²) in [6.45, 7) is 5.12. The molecule has 0 aliphatic carbocycles. The van der Waals surface area contributed by atoms with Crippen molar-refractivity contribution >= 4 is 35.5 Å². The lowest BCUT2D eigenvalue weighted by atomic mass is 9.99. The Morgan fingerprint density at radius 3 is 1.73 bits per heavy atom. The van der Waals surface area contributed by atoms with Crippen LogP contribution in [-0.2, 0) is 9.59 Å². The molecule has 0 aromatic heterocycles. The molecule has 4 atom stereocenters. The average molecular weight is 501 g/mol. The molecule has 8 nitrogen and oxygen atoms in total. The minimum atomic E-state index is -1.19. The van der Waals surface area contributed by atoms with Gasteiger partial charge in [-0.15, -0.1) is 23.5 Å². The van der Waals surface area contributed by atoms with E-state index < -0.39 is 23.0 Å². The zero-order valence-corrected chi connectivity index (χ0v) is 22.9. The molecule has 4 unspecified atom stereocenters. The molecule has 0 heterocycles. The van der Waals surface area contributed by atoms with Crippen LogP contribution in [-0.4, -0.2) is 84.3 Å². The van der Waals surface area contributed by atoms with Crippen molar-refractivity contribution in [2.24, 2.45) is 11.5 Å². The summed E-state index contributed by atoms with van der Waals surface area (Å²) in [5.74, 6) is -0.555. The molecule has 0 radical (unpaired) electrons. The molecule has 4 N–H and O–H groups in total. The van der Waals surface area contributed by atoms with Crippen LogP contribution < -0.4 is 20.9 Å². The molecule has 0 aliphatic rings. The van der Waals surface area contributed by atoms with Crippen molar-refractivity contribution in [1.82, 2.24) is 9.80 Å². The second-order valence-corrected chi connectivity index (χ2v) is 11.3. The van der Waals surface area contributed by atoms with Crippen molar-refractivity contribution in [2.45, 2.75) is 55.4 Å². The Bertz CT molecular complexity index is 816. The maximum absolute atomic E-state index is 12.9. The summed E-state index contributed by atoms with van der Waals surface area (Å²) in [6, 6.07) is 4.89. The molecule has 0 saturated heterocycles. The van der Waals surface area contributed by atoms with E-state index in [0.717, 1.165) is 5.56 Å². The van der Waals surface area contributed by atoms with E-state index in [1.165, 1.54) is 6.07 Å². The fourth-order valence-electron chi connectivity index (χ4n) is 3.04. The molecular weight excluding hydrogens is 460 g/mol. The Labute approximate surface area is 207 Å². The van der Waals surface area contributed by atoms with Crippen molar-refractivity contribution < 1.29 is 19.1 Å². The fourth-order valence-corrected chi connectivity index (χ4v) is 4.91. The molecule has 0 saturated carbocycles. The molecular formula is C23H40N4O4S2. The summed E-state index contributed by atoms with van der Waals surface area (Å²) in [5.41, 5.74) is 10.9. The van der Waals surface area contributed by atoms with Gasteiger partial charge in [0.15, 0.2) is 0 Å². The van der Waals surface area contributed by atoms with E-state index in [-0.39, 0.29) is 16.5 Å². The fraction of sp³-hybridized carbons (Fsp3) is 0.652. The summed E-state index contributed by atoms with van der Waals surface area (Å²) < 4.78 is 11.2. The predicted octanol–water partition coefficient (Wildman–Crippen LogP) is 2.52. The Morgan fingerprint density at radius 2 is 1.33 bits per heavy atom. The van der Waals surface area contributed by atoms with Gasteiger partial charge in [0, 0.05) is 18.9 Å². The van der Waals surface area contributed by atoms with Crippen LogP contribution in [0.15, 0.2) is 18.2 Å². The zero-order chi connectivity index (χ0) is 25.6. The van der Waals surface area contributed by atoms with Gasteiger partial charge in [-0.1, -0.05) is 6.07 Å². The van der Waals surface area contributed by atoms with Crippen LogP contribution in [0.25, 0.3) is 0 Å². The molecule has 1 aromatic carbocycles. The molecule has 10 heteroatoms. The number of hydrogen-bond acceptors (Lipinski definition) is 10. The first-order chi connectivity index (χ1) is 15.1. The van der Waals surface area contributed by atoms with Gasteiger partial charge in [-0.2, -0.15) is 0 Å². The van der Waals surface area contributed by atoms with Crippen LogP contribution in [0, 0.1) is 6.92 Å². The first kappa shape index (κ1) is 29.7. The number of esters is 2. The topological polar surface area (TPSA) is 111 Å². The van der Waals surface area contributed by atoms with Crippen molar-refractivity contribution in [1.29, 1.82) is 0 Å². The maximum atomic E-state index is 12.9. The van der Waals surface area contributed by atoms with Crippen LogP contribution in [0.5, 0.6) is 11.5 Å². The third kappa shape index (κ3) is 8.77. The highest BCUT2D eigenvalue weighted by atomic mass is 32.2. The number of carbonyl (C=O) groups is 2. The first-order valence-electron chi connectivity index (χ1n) is 10.7. The molecule has 33 heavy (non-hydrogen) atoms. The van der Waals surface area contributed by atoms with Crippen LogP contribution in [0.4, 0.5) is 0 Å². The average Bonchev–Trinajstić information content (AvgIpc) is 2.72. The third-order valence-electron chi connectivity index (χ3n) is 5.40. The molecule has 1 rings (SSSR count). The Balaban J connectivity index is 2.97. The van der Waals surface area contributed by atoms with E-state index in [1.807, 2.05) is 50.5 Å². The minimum absolute atomic E-state index is 0.0652. The first-order valence-corrected chi connectivity index (χ1v) is 13.2. The molecule has 0 spiro atoms. The number of ether oxygens (including phenoxy) is 2. The summed E-state index contributed by atoms with van der Waals surface area (Å²) in [6.07, 6.45) is 4.78. The van der Waals surface area contributed by atoms with Gasteiger partial charge in [0.05, 0.1) is 10.7 Å². The van der Waals surface area contributed by atoms with E-state index in [1.54, 1.807) is 56.4 Å².